The summed E-state index contributed by atoms with van der Waals surface area (Å²) in [4.78, 5) is 250. The number of hydrogen-bond donors (Lipinski definition) is 23. The molecule has 43 nitrogen and oxygen atoms in total. The molecule has 0 spiro atoms. The number of thioether (sulfide) groups is 1. The van der Waals surface area contributed by atoms with E-state index in [-0.39, 0.29) is 74.6 Å². The summed E-state index contributed by atoms with van der Waals surface area (Å²) in [5.74, 6) is -23.5. The molecule has 3 aromatic rings. The highest BCUT2D eigenvalue weighted by Gasteiger charge is 2.42. The SMILES string of the molecule is CC[C@H](C)[C@H](NC(=O)[C@H](Cc1ccc(O)cc1)NC(=O)[C@@H]1CCCN1C(=O)[C@H](CC(C)C)NC(=O)[C@H](Cc1cnc[nH]1)NC(=O)[C@H](CO)NC(=O)[C@H](CO)NC(=O)[C@H](CO)NC(=O)[C@H](CCC(=O)O)NC(=O)[C@H](CCC(=O)O)NC(=O)[C@H](CCSC)NC(=O)[C@H](CCC(=O)O)NC(=O)[C@H](CC(=O)O)NC(=O)[C@@H](N)Cc1ccccc1)C(=O)O. The van der Waals surface area contributed by atoms with Gasteiger partial charge in [-0.05, 0) is 98.5 Å². The number of carbonyl (C=O) groups is 18. The lowest BCUT2D eigenvalue weighted by Crippen LogP contribution is -2.62. The molecule has 0 unspecified atom stereocenters. The summed E-state index contributed by atoms with van der Waals surface area (Å²) in [6, 6.07) is -10.0. The van der Waals surface area contributed by atoms with E-state index in [1.54, 1.807) is 64.3 Å². The lowest BCUT2D eigenvalue weighted by atomic mass is 9.98. The molecule has 15 atom stereocenters. The first-order chi connectivity index (χ1) is 55.8. The summed E-state index contributed by atoms with van der Waals surface area (Å²) in [5, 5.41) is 117. The van der Waals surface area contributed by atoms with Crippen molar-refractivity contribution in [3.63, 3.8) is 0 Å². The van der Waals surface area contributed by atoms with Crippen molar-refractivity contribution >= 4 is 118 Å². The van der Waals surface area contributed by atoms with Gasteiger partial charge < -0.3 is 125 Å². The van der Waals surface area contributed by atoms with E-state index in [0.717, 1.165) is 11.8 Å². The zero-order chi connectivity index (χ0) is 88.0. The fraction of sp³-hybridized carbons (Fsp3) is 0.554. The Morgan fingerprint density at radius 2 is 0.898 bits per heavy atom. The van der Waals surface area contributed by atoms with Crippen LogP contribution in [-0.2, 0) is 106 Å². The molecule has 13 amide bonds. The van der Waals surface area contributed by atoms with Crippen molar-refractivity contribution < 1.29 is 132 Å². The number of nitrogens with zero attached hydrogens (tertiary/aromatic N) is 2. The first kappa shape index (κ1) is 98.5. The van der Waals surface area contributed by atoms with Gasteiger partial charge in [0.15, 0.2) is 0 Å². The maximum atomic E-state index is 14.7. The van der Waals surface area contributed by atoms with Gasteiger partial charge in [0.2, 0.25) is 76.8 Å². The Morgan fingerprint density at radius 1 is 0.492 bits per heavy atom. The predicted molar refractivity (Wildman–Crippen MR) is 414 cm³/mol. The standard InChI is InChI=1S/C74H106N16O27S/c1-6-38(4)60(74(116)117)89-68(110)48(29-40-14-16-42(94)17-15-40)84-72(114)55-13-10-25-90(55)73(115)51(27-37(2)3)85-66(108)49(30-41-32-76-36-77-41)83-69(111)52(33-91)87-71(113)54(35-93)88-70(112)53(34-92)86-64(106)46(20-23-58(99)100)78-62(104)44(18-21-56(95)96)79-65(107)47(24-26-118-5)81-63(105)45(19-22-57(97)98)80-67(109)50(31-59(101)102)82-61(103)43(75)28-39-11-8-7-9-12-39/h7-9,11-12,14-17,32,36-38,43-55,60,91-94H,6,10,13,18-31,33-35,75H2,1-5H3,(H,76,77)(H,78,104)(H,79,107)(H,80,109)(H,81,105)(H,82,103)(H,83,111)(H,84,114)(H,85,108)(H,86,106)(H,87,113)(H,88,112)(H,89,110)(H,95,96)(H,97,98)(H,99,100)(H,101,102)(H,116,117)/t38-,43-,44-,45-,46-,47-,48-,49-,50-,51-,52-,53-,54-,55-,60-/m0/s1. The molecule has 118 heavy (non-hydrogen) atoms. The van der Waals surface area contributed by atoms with E-state index in [9.17, 15) is 132 Å². The van der Waals surface area contributed by atoms with Crippen molar-refractivity contribution in [1.82, 2.24) is 78.7 Å². The fourth-order valence-electron chi connectivity index (χ4n) is 12.1. The third kappa shape index (κ3) is 33.4. The van der Waals surface area contributed by atoms with Crippen LogP contribution in [0.5, 0.6) is 5.75 Å². The summed E-state index contributed by atoms with van der Waals surface area (Å²) in [6.07, 6.45) is -2.03. The zero-order valence-corrected chi connectivity index (χ0v) is 66.3. The minimum Gasteiger partial charge on any atom is -0.508 e. The minimum atomic E-state index is -2.14. The molecule has 1 aromatic heterocycles. The number of aliphatic carboxylic acids is 5. The molecule has 24 N–H and O–H groups in total. The topological polar surface area (TPSA) is 692 Å². The van der Waals surface area contributed by atoms with Gasteiger partial charge in [0.25, 0.3) is 0 Å². The van der Waals surface area contributed by atoms with Crippen molar-refractivity contribution in [2.24, 2.45) is 17.6 Å². The number of carbonyl (C=O) groups excluding carboxylic acids is 13. The van der Waals surface area contributed by atoms with E-state index < -0.39 is 262 Å². The van der Waals surface area contributed by atoms with Crippen LogP contribution in [0.25, 0.3) is 0 Å². The molecule has 1 aliphatic rings. The number of imidazole rings is 1. The van der Waals surface area contributed by atoms with Gasteiger partial charge in [0, 0.05) is 50.5 Å². The third-order valence-electron chi connectivity index (χ3n) is 18.7. The van der Waals surface area contributed by atoms with Crippen molar-refractivity contribution in [3.8, 4) is 5.75 Å². The summed E-state index contributed by atoms with van der Waals surface area (Å²) in [7, 11) is 0. The van der Waals surface area contributed by atoms with Gasteiger partial charge in [-0.15, -0.1) is 0 Å². The van der Waals surface area contributed by atoms with Crippen molar-refractivity contribution in [3.05, 3.63) is 83.9 Å². The molecular formula is C74H106N16O27S. The third-order valence-corrected chi connectivity index (χ3v) is 19.4. The number of carboxylic acid groups (broad SMARTS) is 5. The average molecular weight is 1680 g/mol. The number of H-pyrrole nitrogens is 1. The largest absolute Gasteiger partial charge is 0.508 e. The number of benzene rings is 2. The van der Waals surface area contributed by atoms with Crippen LogP contribution in [0.3, 0.4) is 0 Å². The van der Waals surface area contributed by atoms with Gasteiger partial charge in [-0.25, -0.2) is 9.78 Å². The van der Waals surface area contributed by atoms with E-state index in [0.29, 0.717) is 17.5 Å². The van der Waals surface area contributed by atoms with Crippen LogP contribution in [0.1, 0.15) is 122 Å². The maximum absolute atomic E-state index is 14.7. The number of phenolic OH excluding ortho intramolecular Hbond substituents is 1. The van der Waals surface area contributed by atoms with Gasteiger partial charge in [0.1, 0.15) is 84.3 Å². The van der Waals surface area contributed by atoms with Crippen molar-refractivity contribution in [1.29, 1.82) is 0 Å². The Labute approximate surface area is 680 Å². The monoisotopic (exact) mass is 1680 g/mol. The Balaban J connectivity index is 1.51. The van der Waals surface area contributed by atoms with Crippen LogP contribution in [0.15, 0.2) is 67.1 Å². The van der Waals surface area contributed by atoms with Gasteiger partial charge in [-0.3, -0.25) is 81.5 Å². The molecule has 1 fully saturated rings. The van der Waals surface area contributed by atoms with Gasteiger partial charge in [-0.1, -0.05) is 76.6 Å². The number of aromatic nitrogens is 2. The number of aliphatic hydroxyl groups excluding tert-OH is 3. The molecule has 2 aromatic carbocycles. The summed E-state index contributed by atoms with van der Waals surface area (Å²) < 4.78 is 0. The van der Waals surface area contributed by atoms with E-state index >= 15 is 0 Å². The van der Waals surface area contributed by atoms with E-state index in [1.807, 2.05) is 10.6 Å². The second-order valence-electron chi connectivity index (χ2n) is 28.4. The molecular weight excluding hydrogens is 1580 g/mol. The quantitative estimate of drug-likeness (QED) is 0.0250. The van der Waals surface area contributed by atoms with E-state index in [1.165, 1.54) is 41.7 Å². The second kappa shape index (κ2) is 49.9. The average Bonchev–Trinajstić information content (AvgIpc) is 1.63. The molecule has 1 aliphatic heterocycles. The van der Waals surface area contributed by atoms with Crippen molar-refractivity contribution in [2.75, 3.05) is 38.4 Å². The maximum Gasteiger partial charge on any atom is 0.326 e. The first-order valence-electron chi connectivity index (χ1n) is 37.7. The number of aromatic amines is 1. The zero-order valence-electron chi connectivity index (χ0n) is 65.5. The highest BCUT2D eigenvalue weighted by Crippen LogP contribution is 2.23. The van der Waals surface area contributed by atoms with Crippen LogP contribution in [0.4, 0.5) is 0 Å². The number of nitrogens with two attached hydrogens (primary N) is 1. The van der Waals surface area contributed by atoms with Gasteiger partial charge >= 0.3 is 29.8 Å². The molecule has 44 heteroatoms. The number of carboxylic acids is 5. The molecule has 0 bridgehead atoms. The minimum absolute atomic E-state index is 0.00403. The summed E-state index contributed by atoms with van der Waals surface area (Å²) >= 11 is 1.13. The summed E-state index contributed by atoms with van der Waals surface area (Å²) in [6.45, 7) is 2.94. The lowest BCUT2D eigenvalue weighted by molar-refractivity contribution is -0.144. The molecule has 2 heterocycles. The van der Waals surface area contributed by atoms with Crippen LogP contribution in [0, 0.1) is 11.8 Å². The second-order valence-corrected chi connectivity index (χ2v) is 29.4. The van der Waals surface area contributed by atoms with Crippen molar-refractivity contribution in [2.45, 2.75) is 209 Å². The summed E-state index contributed by atoms with van der Waals surface area (Å²) in [5.41, 5.74) is 7.36. The Kier molecular flexibility index (Phi) is 41.6. The molecule has 1 saturated heterocycles. The van der Waals surface area contributed by atoms with Gasteiger partial charge in [0.05, 0.1) is 38.6 Å². The number of nitrogens with one attached hydrogen (secondary N) is 13. The normalized spacial score (nSPS) is 16.0. The molecule has 0 radical (unpaired) electrons. The Bertz CT molecular complexity index is 3960. The molecule has 4 rings (SSSR count). The number of amides is 13. The smallest absolute Gasteiger partial charge is 0.326 e. The van der Waals surface area contributed by atoms with E-state index in [4.69, 9.17) is 5.73 Å². The van der Waals surface area contributed by atoms with E-state index in [2.05, 4.69) is 63.1 Å². The first-order valence-corrected chi connectivity index (χ1v) is 39.1. The number of rotatable bonds is 53. The van der Waals surface area contributed by atoms with Crippen LogP contribution < -0.4 is 69.5 Å². The molecule has 650 valence electrons. The highest BCUT2D eigenvalue weighted by atomic mass is 32.2. The van der Waals surface area contributed by atoms with Crippen LogP contribution >= 0.6 is 11.8 Å². The number of phenols is 1. The Morgan fingerprint density at radius 3 is 1.32 bits per heavy atom. The number of aromatic hydroxyl groups is 1. The molecule has 0 saturated carbocycles. The fourth-order valence-corrected chi connectivity index (χ4v) is 12.5. The number of hydrogen-bond acceptors (Lipinski definition) is 25. The number of aliphatic hydroxyl groups is 3. The Hall–Kier alpha value is -11.9. The van der Waals surface area contributed by atoms with Crippen LogP contribution in [0.2, 0.25) is 0 Å². The molecule has 0 aliphatic carbocycles. The highest BCUT2D eigenvalue weighted by molar-refractivity contribution is 7.98. The van der Waals surface area contributed by atoms with Crippen LogP contribution in [-0.4, -0.2) is 290 Å². The van der Waals surface area contributed by atoms with Gasteiger partial charge in [-0.2, -0.15) is 11.8 Å². The number of likely N-dealkylation sites (tertiary alicyclic amines) is 1. The lowest BCUT2D eigenvalue weighted by Gasteiger charge is -2.31. The predicted octanol–water partition coefficient (Wildman–Crippen LogP) is -5.74.